The Bertz CT molecular complexity index is 689. The molecule has 0 radical (unpaired) electrons. The van der Waals surface area contributed by atoms with Crippen molar-refractivity contribution in [1.29, 1.82) is 0 Å². The number of carbonyl (C=O) groups excluding carboxylic acids is 1. The summed E-state index contributed by atoms with van der Waals surface area (Å²) in [4.78, 5) is 18.6. The van der Waals surface area contributed by atoms with Crippen LogP contribution < -0.4 is 10.2 Å². The fourth-order valence-electron chi connectivity index (χ4n) is 2.56. The zero-order valence-electron chi connectivity index (χ0n) is 12.1. The van der Waals surface area contributed by atoms with Crippen LogP contribution in [0.2, 0.25) is 4.47 Å². The van der Waals surface area contributed by atoms with E-state index in [0.717, 1.165) is 34.7 Å². The van der Waals surface area contributed by atoms with Crippen LogP contribution in [0.4, 0.5) is 16.2 Å². The predicted molar refractivity (Wildman–Crippen MR) is 89.0 cm³/mol. The molecule has 0 atom stereocenters. The molecule has 1 aromatic heterocycles. The van der Waals surface area contributed by atoms with E-state index >= 15 is 0 Å². The predicted octanol–water partition coefficient (Wildman–Crippen LogP) is 3.93. The van der Waals surface area contributed by atoms with Gasteiger partial charge in [0, 0.05) is 23.3 Å². The molecule has 22 heavy (non-hydrogen) atoms. The van der Waals surface area contributed by atoms with Crippen molar-refractivity contribution < 1.29 is 9.53 Å². The number of ether oxygens (including phenoxy) is 1. The highest BCUT2D eigenvalue weighted by Gasteiger charge is 2.23. The molecule has 0 saturated heterocycles. The van der Waals surface area contributed by atoms with Gasteiger partial charge in [-0.3, -0.25) is 4.90 Å². The number of aryl methyl sites for hydroxylation is 1. The second kappa shape index (κ2) is 6.54. The van der Waals surface area contributed by atoms with Gasteiger partial charge in [0.15, 0.2) is 4.47 Å². The number of anilines is 2. The lowest BCUT2D eigenvalue weighted by Gasteiger charge is -2.28. The van der Waals surface area contributed by atoms with Gasteiger partial charge in [-0.2, -0.15) is 0 Å². The van der Waals surface area contributed by atoms with Gasteiger partial charge in [-0.1, -0.05) is 11.6 Å². The van der Waals surface area contributed by atoms with Gasteiger partial charge >= 0.3 is 6.09 Å². The summed E-state index contributed by atoms with van der Waals surface area (Å²) in [5.41, 5.74) is 3.11. The monoisotopic (exact) mass is 337 g/mol. The largest absolute Gasteiger partial charge is 0.452 e. The molecule has 0 bridgehead atoms. The van der Waals surface area contributed by atoms with Crippen LogP contribution in [0.3, 0.4) is 0 Å². The quantitative estimate of drug-likeness (QED) is 0.922. The Morgan fingerprint density at radius 1 is 1.55 bits per heavy atom. The zero-order valence-corrected chi connectivity index (χ0v) is 13.7. The number of halogens is 1. The molecule has 0 saturated carbocycles. The van der Waals surface area contributed by atoms with Crippen LogP contribution in [0, 0.1) is 0 Å². The molecule has 0 spiro atoms. The Morgan fingerprint density at radius 3 is 3.14 bits per heavy atom. The normalized spacial score (nSPS) is 13.6. The summed E-state index contributed by atoms with van der Waals surface area (Å²) in [5, 5.41) is 3.36. The van der Waals surface area contributed by atoms with Crippen LogP contribution >= 0.6 is 22.9 Å². The minimum absolute atomic E-state index is 0.305. The van der Waals surface area contributed by atoms with E-state index in [-0.39, 0.29) is 6.09 Å². The van der Waals surface area contributed by atoms with E-state index in [1.54, 1.807) is 11.1 Å². The molecular formula is C15H16ClN3O2S. The molecule has 1 aliphatic rings. The number of aromatic nitrogens is 1. The molecule has 5 nitrogen and oxygen atoms in total. The Labute approximate surface area is 137 Å². The van der Waals surface area contributed by atoms with E-state index < -0.39 is 0 Å². The number of hydrogen-bond acceptors (Lipinski definition) is 5. The summed E-state index contributed by atoms with van der Waals surface area (Å²) >= 11 is 7.29. The molecule has 0 fully saturated rings. The van der Waals surface area contributed by atoms with E-state index in [0.29, 0.717) is 17.6 Å². The lowest BCUT2D eigenvalue weighted by atomic mass is 10.0. The Morgan fingerprint density at radius 2 is 2.41 bits per heavy atom. The average molecular weight is 338 g/mol. The molecule has 1 aromatic carbocycles. The van der Waals surface area contributed by atoms with Crippen molar-refractivity contribution in [1.82, 2.24) is 4.98 Å². The standard InChI is InChI=1S/C15H16ClN3O2S/c1-21-15(20)19-6-2-3-10-7-11(4-5-13(10)19)17-8-12-9-18-14(16)22-12/h4-5,7,9,17H,2-3,6,8H2,1H3. The van der Waals surface area contributed by atoms with Gasteiger partial charge in [0.1, 0.15) is 0 Å². The highest BCUT2D eigenvalue weighted by molar-refractivity contribution is 7.15. The maximum absolute atomic E-state index is 11.8. The van der Waals surface area contributed by atoms with Gasteiger partial charge in [-0.25, -0.2) is 9.78 Å². The Kier molecular flexibility index (Phi) is 4.49. The van der Waals surface area contributed by atoms with Crippen molar-refractivity contribution in [2.75, 3.05) is 23.9 Å². The van der Waals surface area contributed by atoms with E-state index in [9.17, 15) is 4.79 Å². The SMILES string of the molecule is COC(=O)N1CCCc2cc(NCc3cnc(Cl)s3)ccc21. The van der Waals surface area contributed by atoms with Crippen molar-refractivity contribution in [2.24, 2.45) is 0 Å². The number of nitrogens with zero attached hydrogens (tertiary/aromatic N) is 2. The number of benzene rings is 1. The zero-order chi connectivity index (χ0) is 15.5. The van der Waals surface area contributed by atoms with Crippen LogP contribution in [-0.4, -0.2) is 24.7 Å². The number of thiazole rings is 1. The van der Waals surface area contributed by atoms with Crippen LogP contribution in [0.1, 0.15) is 16.9 Å². The third-order valence-electron chi connectivity index (χ3n) is 3.59. The van der Waals surface area contributed by atoms with E-state index in [4.69, 9.17) is 16.3 Å². The second-order valence-corrected chi connectivity index (χ2v) is 6.70. The minimum Gasteiger partial charge on any atom is -0.452 e. The summed E-state index contributed by atoms with van der Waals surface area (Å²) < 4.78 is 5.39. The first kappa shape index (κ1) is 15.1. The van der Waals surface area contributed by atoms with E-state index in [1.165, 1.54) is 18.4 Å². The van der Waals surface area contributed by atoms with Crippen molar-refractivity contribution in [3.63, 3.8) is 0 Å². The summed E-state index contributed by atoms with van der Waals surface area (Å²) in [5.74, 6) is 0. The molecular weight excluding hydrogens is 322 g/mol. The van der Waals surface area contributed by atoms with Crippen LogP contribution in [0.25, 0.3) is 0 Å². The van der Waals surface area contributed by atoms with Crippen molar-refractivity contribution in [3.05, 3.63) is 39.3 Å². The number of carbonyl (C=O) groups is 1. The number of amides is 1. The highest BCUT2D eigenvalue weighted by atomic mass is 35.5. The van der Waals surface area contributed by atoms with Crippen LogP contribution in [0.5, 0.6) is 0 Å². The van der Waals surface area contributed by atoms with Gasteiger partial charge in [-0.05, 0) is 36.6 Å². The van der Waals surface area contributed by atoms with Gasteiger partial charge in [0.2, 0.25) is 0 Å². The molecule has 0 unspecified atom stereocenters. The summed E-state index contributed by atoms with van der Waals surface area (Å²) in [7, 11) is 1.41. The average Bonchev–Trinajstić information content (AvgIpc) is 2.96. The maximum atomic E-state index is 11.8. The fourth-order valence-corrected chi connectivity index (χ4v) is 3.48. The molecule has 1 N–H and O–H groups in total. The van der Waals surface area contributed by atoms with Gasteiger partial charge in [0.05, 0.1) is 19.3 Å². The first-order chi connectivity index (χ1) is 10.7. The van der Waals surface area contributed by atoms with Crippen molar-refractivity contribution >= 4 is 40.4 Å². The molecule has 116 valence electrons. The van der Waals surface area contributed by atoms with Gasteiger partial charge in [-0.15, -0.1) is 11.3 Å². The lowest BCUT2D eigenvalue weighted by molar-refractivity contribution is 0.178. The molecule has 3 rings (SSSR count). The van der Waals surface area contributed by atoms with Gasteiger partial charge in [0.25, 0.3) is 0 Å². The lowest BCUT2D eigenvalue weighted by Crippen LogP contribution is -2.35. The Balaban J connectivity index is 1.74. The number of hydrogen-bond donors (Lipinski definition) is 1. The van der Waals surface area contributed by atoms with Crippen molar-refractivity contribution in [3.8, 4) is 0 Å². The topological polar surface area (TPSA) is 54.5 Å². The number of fused-ring (bicyclic) bond motifs is 1. The fraction of sp³-hybridized carbons (Fsp3) is 0.333. The molecule has 1 amide bonds. The van der Waals surface area contributed by atoms with Crippen LogP contribution in [-0.2, 0) is 17.7 Å². The Hall–Kier alpha value is -1.79. The molecule has 2 heterocycles. The second-order valence-electron chi connectivity index (χ2n) is 5.00. The third-order valence-corrected chi connectivity index (χ3v) is 4.70. The first-order valence-electron chi connectivity index (χ1n) is 7.00. The van der Waals surface area contributed by atoms with Gasteiger partial charge < -0.3 is 10.1 Å². The molecule has 0 aliphatic carbocycles. The smallest absolute Gasteiger partial charge is 0.414 e. The maximum Gasteiger partial charge on any atom is 0.414 e. The number of rotatable bonds is 3. The summed E-state index contributed by atoms with van der Waals surface area (Å²) in [6.45, 7) is 1.38. The highest BCUT2D eigenvalue weighted by Crippen LogP contribution is 2.30. The minimum atomic E-state index is -0.305. The van der Waals surface area contributed by atoms with Crippen LogP contribution in [0.15, 0.2) is 24.4 Å². The summed E-state index contributed by atoms with van der Waals surface area (Å²) in [6, 6.07) is 6.03. The molecule has 2 aromatic rings. The van der Waals surface area contributed by atoms with Crippen molar-refractivity contribution in [2.45, 2.75) is 19.4 Å². The number of methoxy groups -OCH3 is 1. The number of nitrogens with one attached hydrogen (secondary N) is 1. The van der Waals surface area contributed by atoms with E-state index in [2.05, 4.69) is 16.4 Å². The third kappa shape index (κ3) is 3.18. The molecule has 7 heteroatoms. The van der Waals surface area contributed by atoms with E-state index in [1.807, 2.05) is 12.1 Å². The molecule has 1 aliphatic heterocycles. The summed E-state index contributed by atoms with van der Waals surface area (Å²) in [6.07, 6.45) is 3.37. The first-order valence-corrected chi connectivity index (χ1v) is 8.19.